The minimum atomic E-state index is -4.45. The van der Waals surface area contributed by atoms with Gasteiger partial charge in [0.1, 0.15) is 10.3 Å². The molecule has 14 heteroatoms. The van der Waals surface area contributed by atoms with Crippen molar-refractivity contribution in [3.8, 4) is 11.3 Å². The molecule has 40 heavy (non-hydrogen) atoms. The highest BCUT2D eigenvalue weighted by atomic mass is 35.5. The van der Waals surface area contributed by atoms with Gasteiger partial charge in [-0.05, 0) is 62.9 Å². The predicted molar refractivity (Wildman–Crippen MR) is 147 cm³/mol. The third-order valence-electron chi connectivity index (χ3n) is 7.15. The van der Waals surface area contributed by atoms with Crippen molar-refractivity contribution in [2.45, 2.75) is 61.6 Å². The van der Waals surface area contributed by atoms with Crippen LogP contribution < -0.4 is 10.2 Å². The average molecular weight is 614 g/mol. The molecule has 0 radical (unpaired) electrons. The van der Waals surface area contributed by atoms with Crippen LogP contribution in [0.2, 0.25) is 4.34 Å². The Kier molecular flexibility index (Phi) is 8.10. The summed E-state index contributed by atoms with van der Waals surface area (Å²) in [4.78, 5) is 24.5. The molecule has 214 valence electrons. The minimum Gasteiger partial charge on any atom is -0.349 e. The molecule has 2 atom stereocenters. The van der Waals surface area contributed by atoms with Gasteiger partial charge in [0.05, 0.1) is 27.8 Å². The molecule has 2 aromatic heterocycles. The number of aromatic nitrogens is 2. The molecule has 0 aliphatic carbocycles. The molecule has 1 amide bonds. The number of rotatable bonds is 7. The predicted octanol–water partition coefficient (Wildman–Crippen LogP) is 5.34. The summed E-state index contributed by atoms with van der Waals surface area (Å²) in [6.45, 7) is 3.02. The Morgan fingerprint density at radius 2 is 1.82 bits per heavy atom. The van der Waals surface area contributed by atoms with Crippen LogP contribution in [0.3, 0.4) is 0 Å². The van der Waals surface area contributed by atoms with Crippen LogP contribution in [0.25, 0.3) is 11.3 Å². The van der Waals surface area contributed by atoms with Crippen molar-refractivity contribution in [2.75, 3.05) is 18.0 Å². The van der Waals surface area contributed by atoms with Crippen LogP contribution in [0.1, 0.15) is 43.9 Å². The van der Waals surface area contributed by atoms with Gasteiger partial charge in [0, 0.05) is 24.7 Å². The summed E-state index contributed by atoms with van der Waals surface area (Å²) in [6, 6.07) is 8.62. The lowest BCUT2D eigenvalue weighted by Gasteiger charge is -2.24. The van der Waals surface area contributed by atoms with E-state index in [1.54, 1.807) is 6.07 Å². The van der Waals surface area contributed by atoms with Crippen molar-refractivity contribution in [3.63, 3.8) is 0 Å². The molecule has 1 N–H and O–H groups in total. The van der Waals surface area contributed by atoms with E-state index in [-0.39, 0.29) is 23.3 Å². The lowest BCUT2D eigenvalue weighted by molar-refractivity contribution is -0.137. The van der Waals surface area contributed by atoms with Gasteiger partial charge < -0.3 is 10.2 Å². The van der Waals surface area contributed by atoms with Gasteiger partial charge in [-0.2, -0.15) is 17.5 Å². The topological polar surface area (TPSA) is 95.5 Å². The van der Waals surface area contributed by atoms with E-state index in [9.17, 15) is 26.4 Å². The molecule has 8 nitrogen and oxygen atoms in total. The molecule has 5 rings (SSSR count). The lowest BCUT2D eigenvalue weighted by atomic mass is 10.1. The van der Waals surface area contributed by atoms with Crippen LogP contribution in [0, 0.1) is 0 Å². The lowest BCUT2D eigenvalue weighted by Crippen LogP contribution is -2.45. The van der Waals surface area contributed by atoms with Gasteiger partial charge in [-0.25, -0.2) is 18.4 Å². The Balaban J connectivity index is 1.38. The fraction of sp³-hybridized carbons (Fsp3) is 0.423. The Bertz CT molecular complexity index is 1500. The third kappa shape index (κ3) is 5.97. The van der Waals surface area contributed by atoms with Crippen molar-refractivity contribution in [1.29, 1.82) is 0 Å². The summed E-state index contributed by atoms with van der Waals surface area (Å²) in [5, 5.41) is 2.81. The first-order chi connectivity index (χ1) is 18.9. The van der Waals surface area contributed by atoms with Crippen LogP contribution in [0.4, 0.5) is 19.1 Å². The van der Waals surface area contributed by atoms with Gasteiger partial charge in [0.2, 0.25) is 11.9 Å². The number of anilines is 1. The molecule has 2 aliphatic rings. The van der Waals surface area contributed by atoms with E-state index in [1.807, 2.05) is 4.90 Å². The summed E-state index contributed by atoms with van der Waals surface area (Å²) < 4.78 is 67.2. The summed E-state index contributed by atoms with van der Waals surface area (Å²) in [6.07, 6.45) is -1.61. The van der Waals surface area contributed by atoms with Crippen molar-refractivity contribution in [2.24, 2.45) is 0 Å². The number of nitrogens with zero attached hydrogens (tertiary/aromatic N) is 4. The molecule has 0 saturated carbocycles. The first kappa shape index (κ1) is 28.8. The van der Waals surface area contributed by atoms with E-state index in [1.165, 1.54) is 28.6 Å². The molecule has 2 aliphatic heterocycles. The zero-order valence-electron chi connectivity index (χ0n) is 21.5. The van der Waals surface area contributed by atoms with Crippen LogP contribution >= 0.6 is 22.9 Å². The molecule has 2 fully saturated rings. The van der Waals surface area contributed by atoms with Gasteiger partial charge in [-0.1, -0.05) is 23.7 Å². The minimum absolute atomic E-state index is 0.000569. The molecule has 1 aromatic carbocycles. The fourth-order valence-corrected chi connectivity index (χ4v) is 8.32. The maximum atomic E-state index is 13.2. The number of alkyl halides is 3. The maximum absolute atomic E-state index is 13.2. The van der Waals surface area contributed by atoms with Gasteiger partial charge in [-0.3, -0.25) is 4.79 Å². The molecule has 0 unspecified atom stereocenters. The van der Waals surface area contributed by atoms with Crippen LogP contribution in [-0.2, 0) is 27.5 Å². The number of nitrogens with one attached hydrogen (secondary N) is 1. The Labute approximate surface area is 239 Å². The highest BCUT2D eigenvalue weighted by Crippen LogP contribution is 2.33. The largest absolute Gasteiger partial charge is 0.416 e. The number of hydrogen-bond acceptors (Lipinski definition) is 7. The molecule has 0 bridgehead atoms. The standard InChI is InChI=1S/C26H27ClF3N5O3S2/c1-16-4-2-12-34(16)25-32-19(14-20(33-25)17-6-8-18(9-7-17)26(28,29)30)15-31-24(36)21-5-3-13-35(21)40(37,38)23-11-10-22(27)39-23/h6-11,14,16,21H,2-5,12-13,15H2,1H3,(H,31,36)/t16-,21-/m0/s1. The first-order valence-electron chi connectivity index (χ1n) is 12.8. The number of thiophene rings is 1. The summed E-state index contributed by atoms with van der Waals surface area (Å²) in [7, 11) is -3.88. The molecular formula is C26H27ClF3N5O3S2. The van der Waals surface area contributed by atoms with E-state index in [4.69, 9.17) is 11.6 Å². The summed E-state index contributed by atoms with van der Waals surface area (Å²) in [5.74, 6) is -0.0131. The summed E-state index contributed by atoms with van der Waals surface area (Å²) in [5.41, 5.74) is 0.623. The normalized spacial score (nSPS) is 20.3. The Morgan fingerprint density at radius 3 is 2.45 bits per heavy atom. The van der Waals surface area contributed by atoms with E-state index >= 15 is 0 Å². The quantitative estimate of drug-likeness (QED) is 0.387. The van der Waals surface area contributed by atoms with E-state index in [2.05, 4.69) is 22.2 Å². The fourth-order valence-electron chi connectivity index (χ4n) is 5.05. The maximum Gasteiger partial charge on any atom is 0.416 e. The number of sulfonamides is 1. The third-order valence-corrected chi connectivity index (χ3v) is 10.8. The van der Waals surface area contributed by atoms with Crippen molar-refractivity contribution < 1.29 is 26.4 Å². The first-order valence-corrected chi connectivity index (χ1v) is 15.4. The van der Waals surface area contributed by atoms with Crippen molar-refractivity contribution >= 4 is 44.8 Å². The molecular weight excluding hydrogens is 587 g/mol. The molecule has 0 spiro atoms. The van der Waals surface area contributed by atoms with Crippen molar-refractivity contribution in [3.05, 3.63) is 58.1 Å². The smallest absolute Gasteiger partial charge is 0.349 e. The SMILES string of the molecule is C[C@H]1CCCN1c1nc(CNC(=O)[C@@H]2CCCN2S(=O)(=O)c2ccc(Cl)s2)cc(-c2ccc(C(F)(F)F)cc2)n1. The number of halogens is 4. The zero-order chi connectivity index (χ0) is 28.7. The second kappa shape index (κ2) is 11.3. The number of carbonyl (C=O) groups excluding carboxylic acids is 1. The van der Waals surface area contributed by atoms with Gasteiger partial charge in [-0.15, -0.1) is 11.3 Å². The highest BCUT2D eigenvalue weighted by Gasteiger charge is 2.40. The number of carbonyl (C=O) groups is 1. The van der Waals surface area contributed by atoms with E-state index in [0.717, 1.165) is 42.9 Å². The molecule has 3 aromatic rings. The number of amides is 1. The summed E-state index contributed by atoms with van der Waals surface area (Å²) >= 11 is 6.87. The van der Waals surface area contributed by atoms with E-state index < -0.39 is 33.7 Å². The van der Waals surface area contributed by atoms with Gasteiger partial charge >= 0.3 is 6.18 Å². The second-order valence-corrected chi connectivity index (χ2v) is 13.7. The Hall–Kier alpha value is -2.74. The molecule has 4 heterocycles. The second-order valence-electron chi connectivity index (χ2n) is 9.85. The van der Waals surface area contributed by atoms with Gasteiger partial charge in [0.25, 0.3) is 10.0 Å². The highest BCUT2D eigenvalue weighted by molar-refractivity contribution is 7.91. The number of hydrogen-bond donors (Lipinski definition) is 1. The Morgan fingerprint density at radius 1 is 1.10 bits per heavy atom. The van der Waals surface area contributed by atoms with Crippen LogP contribution in [-0.4, -0.2) is 53.8 Å². The van der Waals surface area contributed by atoms with Crippen LogP contribution in [0.5, 0.6) is 0 Å². The average Bonchev–Trinajstić information content (AvgIpc) is 3.68. The van der Waals surface area contributed by atoms with E-state index in [0.29, 0.717) is 40.1 Å². The van der Waals surface area contributed by atoms with Gasteiger partial charge in [0.15, 0.2) is 0 Å². The zero-order valence-corrected chi connectivity index (χ0v) is 23.9. The van der Waals surface area contributed by atoms with Crippen LogP contribution in [0.15, 0.2) is 46.7 Å². The monoisotopic (exact) mass is 613 g/mol. The molecule has 2 saturated heterocycles. The number of benzene rings is 1. The van der Waals surface area contributed by atoms with Crippen molar-refractivity contribution in [1.82, 2.24) is 19.6 Å².